The third-order valence-corrected chi connectivity index (χ3v) is 5.58. The lowest BCUT2D eigenvalue weighted by Gasteiger charge is -2.08. The van der Waals surface area contributed by atoms with Crippen molar-refractivity contribution in [3.63, 3.8) is 0 Å². The summed E-state index contributed by atoms with van der Waals surface area (Å²) in [4.78, 5) is 16.4. The molecule has 0 unspecified atom stereocenters. The van der Waals surface area contributed by atoms with Crippen molar-refractivity contribution in [2.24, 2.45) is 12.8 Å². The molecule has 0 radical (unpaired) electrons. The number of halogens is 1. The van der Waals surface area contributed by atoms with Crippen LogP contribution >= 0.6 is 34.7 Å². The van der Waals surface area contributed by atoms with Gasteiger partial charge in [-0.25, -0.2) is 4.98 Å². The molecule has 0 aliphatic carbocycles. The Balaban J connectivity index is 1.83. The van der Waals surface area contributed by atoms with Crippen molar-refractivity contribution in [1.29, 1.82) is 0 Å². The fourth-order valence-electron chi connectivity index (χ4n) is 2.09. The van der Waals surface area contributed by atoms with Gasteiger partial charge in [-0.3, -0.25) is 4.79 Å². The van der Waals surface area contributed by atoms with Gasteiger partial charge in [0.25, 0.3) is 0 Å². The van der Waals surface area contributed by atoms with Gasteiger partial charge in [-0.2, -0.15) is 0 Å². The SMILES string of the molecule is Cn1c(Cl)cnc1CSc1nnc(-c2cccs2)n1CCC(N)=O. The molecule has 0 saturated carbocycles. The maximum Gasteiger partial charge on any atom is 0.219 e. The van der Waals surface area contributed by atoms with Crippen LogP contribution < -0.4 is 5.73 Å². The summed E-state index contributed by atoms with van der Waals surface area (Å²) in [7, 11) is 1.86. The normalized spacial score (nSPS) is 11.1. The summed E-state index contributed by atoms with van der Waals surface area (Å²) in [6.07, 6.45) is 1.85. The number of rotatable bonds is 7. The van der Waals surface area contributed by atoms with E-state index in [-0.39, 0.29) is 12.3 Å². The van der Waals surface area contributed by atoms with Gasteiger partial charge in [0.2, 0.25) is 5.91 Å². The monoisotopic (exact) mass is 382 g/mol. The second kappa shape index (κ2) is 7.37. The minimum absolute atomic E-state index is 0.234. The largest absolute Gasteiger partial charge is 0.370 e. The number of carbonyl (C=O) groups is 1. The third-order valence-electron chi connectivity index (χ3n) is 3.40. The first kappa shape index (κ1) is 17.0. The van der Waals surface area contributed by atoms with E-state index < -0.39 is 0 Å². The molecule has 3 rings (SSSR count). The number of nitrogens with zero attached hydrogens (tertiary/aromatic N) is 5. The van der Waals surface area contributed by atoms with Crippen LogP contribution in [-0.4, -0.2) is 30.2 Å². The minimum atomic E-state index is -0.354. The minimum Gasteiger partial charge on any atom is -0.370 e. The van der Waals surface area contributed by atoms with E-state index in [1.807, 2.05) is 33.7 Å². The Morgan fingerprint density at radius 1 is 1.46 bits per heavy atom. The number of thiophene rings is 1. The molecule has 0 aliphatic heterocycles. The maximum absolute atomic E-state index is 11.2. The van der Waals surface area contributed by atoms with Crippen molar-refractivity contribution in [2.75, 3.05) is 0 Å². The second-order valence-corrected chi connectivity index (χ2v) is 7.27. The predicted octanol–water partition coefficient (Wildman–Crippen LogP) is 2.56. The molecule has 0 spiro atoms. The number of hydrogen-bond acceptors (Lipinski definition) is 6. The first-order chi connectivity index (χ1) is 11.6. The summed E-state index contributed by atoms with van der Waals surface area (Å²) >= 11 is 9.08. The Bertz CT molecular complexity index is 842. The number of nitrogens with two attached hydrogens (primary N) is 1. The molecule has 0 fully saturated rings. The highest BCUT2D eigenvalue weighted by Crippen LogP contribution is 2.29. The van der Waals surface area contributed by atoms with E-state index >= 15 is 0 Å². The molecular weight excluding hydrogens is 368 g/mol. The Morgan fingerprint density at radius 2 is 2.29 bits per heavy atom. The van der Waals surface area contributed by atoms with Crippen LogP contribution in [0.4, 0.5) is 0 Å². The summed E-state index contributed by atoms with van der Waals surface area (Å²) in [5.74, 6) is 1.83. The topological polar surface area (TPSA) is 91.6 Å². The highest BCUT2D eigenvalue weighted by molar-refractivity contribution is 7.98. The summed E-state index contributed by atoms with van der Waals surface area (Å²) in [5, 5.41) is 11.8. The maximum atomic E-state index is 11.2. The average Bonchev–Trinajstić information content (AvgIpc) is 3.26. The number of hydrogen-bond donors (Lipinski definition) is 1. The van der Waals surface area contributed by atoms with Gasteiger partial charge >= 0.3 is 0 Å². The standard InChI is InChI=1S/C14H15ClN6OS2/c1-20-10(15)7-17-12(20)8-24-14-19-18-13(9-3-2-6-23-9)21(14)5-4-11(16)22/h2-3,6-7H,4-5,8H2,1H3,(H2,16,22). The Kier molecular flexibility index (Phi) is 5.22. The van der Waals surface area contributed by atoms with Crippen molar-refractivity contribution >= 4 is 40.6 Å². The van der Waals surface area contributed by atoms with Crippen molar-refractivity contribution < 1.29 is 4.79 Å². The molecule has 3 aromatic rings. The third kappa shape index (κ3) is 3.63. The van der Waals surface area contributed by atoms with Gasteiger partial charge in [0.15, 0.2) is 11.0 Å². The van der Waals surface area contributed by atoms with Gasteiger partial charge in [0, 0.05) is 20.0 Å². The smallest absolute Gasteiger partial charge is 0.219 e. The second-order valence-electron chi connectivity index (χ2n) is 5.00. The molecule has 0 aliphatic rings. The van der Waals surface area contributed by atoms with E-state index in [1.54, 1.807) is 17.5 Å². The lowest BCUT2D eigenvalue weighted by atomic mass is 10.4. The van der Waals surface area contributed by atoms with Crippen LogP contribution in [0.2, 0.25) is 5.15 Å². The number of carbonyl (C=O) groups excluding carboxylic acids is 1. The zero-order valence-electron chi connectivity index (χ0n) is 12.8. The molecule has 0 bridgehead atoms. The molecule has 3 heterocycles. The summed E-state index contributed by atoms with van der Waals surface area (Å²) in [6, 6.07) is 3.93. The Labute approximate surface area is 151 Å². The zero-order chi connectivity index (χ0) is 17.1. The zero-order valence-corrected chi connectivity index (χ0v) is 15.2. The van der Waals surface area contributed by atoms with Gasteiger partial charge in [0.05, 0.1) is 16.8 Å². The molecule has 3 aromatic heterocycles. The summed E-state index contributed by atoms with van der Waals surface area (Å²) in [5.41, 5.74) is 5.29. The summed E-state index contributed by atoms with van der Waals surface area (Å²) < 4.78 is 3.74. The predicted molar refractivity (Wildman–Crippen MR) is 94.9 cm³/mol. The van der Waals surface area contributed by atoms with Gasteiger partial charge < -0.3 is 14.9 Å². The van der Waals surface area contributed by atoms with Crippen molar-refractivity contribution in [3.8, 4) is 10.7 Å². The fourth-order valence-corrected chi connectivity index (χ4v) is 3.92. The van der Waals surface area contributed by atoms with Gasteiger partial charge in [0.1, 0.15) is 11.0 Å². The summed E-state index contributed by atoms with van der Waals surface area (Å²) in [6.45, 7) is 0.444. The molecule has 0 saturated heterocycles. The number of primary amides is 1. The lowest BCUT2D eigenvalue weighted by Crippen LogP contribution is -2.15. The van der Waals surface area contributed by atoms with Crippen LogP contribution in [0.5, 0.6) is 0 Å². The van der Waals surface area contributed by atoms with Crippen LogP contribution in [0.3, 0.4) is 0 Å². The van der Waals surface area contributed by atoms with Crippen LogP contribution in [0.15, 0.2) is 28.9 Å². The molecule has 0 aromatic carbocycles. The molecule has 126 valence electrons. The number of aromatic nitrogens is 5. The van der Waals surface area contributed by atoms with E-state index in [9.17, 15) is 4.79 Å². The van der Waals surface area contributed by atoms with E-state index in [4.69, 9.17) is 17.3 Å². The van der Waals surface area contributed by atoms with Gasteiger partial charge in [-0.05, 0) is 11.4 Å². The molecule has 7 nitrogen and oxygen atoms in total. The van der Waals surface area contributed by atoms with E-state index in [0.717, 1.165) is 21.7 Å². The first-order valence-corrected chi connectivity index (χ1v) is 9.35. The van der Waals surface area contributed by atoms with Crippen LogP contribution in [0, 0.1) is 0 Å². The van der Waals surface area contributed by atoms with Crippen LogP contribution in [0.1, 0.15) is 12.2 Å². The number of thioether (sulfide) groups is 1. The first-order valence-electron chi connectivity index (χ1n) is 7.10. The molecular formula is C14H15ClN6OS2. The molecule has 2 N–H and O–H groups in total. The molecule has 10 heteroatoms. The number of amides is 1. The molecule has 0 atom stereocenters. The van der Waals surface area contributed by atoms with Crippen molar-refractivity contribution in [2.45, 2.75) is 23.9 Å². The van der Waals surface area contributed by atoms with Crippen molar-refractivity contribution in [1.82, 2.24) is 24.3 Å². The lowest BCUT2D eigenvalue weighted by molar-refractivity contribution is -0.118. The van der Waals surface area contributed by atoms with E-state index in [1.165, 1.54) is 11.8 Å². The highest BCUT2D eigenvalue weighted by Gasteiger charge is 2.16. The molecule has 1 amide bonds. The Morgan fingerprint density at radius 3 is 2.92 bits per heavy atom. The van der Waals surface area contributed by atoms with E-state index in [2.05, 4.69) is 15.2 Å². The quantitative estimate of drug-likeness (QED) is 0.634. The van der Waals surface area contributed by atoms with Gasteiger partial charge in [-0.1, -0.05) is 29.4 Å². The van der Waals surface area contributed by atoms with Crippen LogP contribution in [-0.2, 0) is 24.1 Å². The Hall–Kier alpha value is -1.84. The van der Waals surface area contributed by atoms with Crippen LogP contribution in [0.25, 0.3) is 10.7 Å². The fraction of sp³-hybridized carbons (Fsp3) is 0.286. The average molecular weight is 383 g/mol. The van der Waals surface area contributed by atoms with Crippen molar-refractivity contribution in [3.05, 3.63) is 34.7 Å². The van der Waals surface area contributed by atoms with Gasteiger partial charge in [-0.15, -0.1) is 21.5 Å². The highest BCUT2D eigenvalue weighted by atomic mass is 35.5. The molecule has 24 heavy (non-hydrogen) atoms. The van der Waals surface area contributed by atoms with E-state index in [0.29, 0.717) is 17.5 Å². The number of imidazole rings is 1.